The Kier molecular flexibility index (Phi) is 2.80. The Labute approximate surface area is 126 Å². The molecule has 2 aromatic heterocycles. The van der Waals surface area contributed by atoms with Gasteiger partial charge in [0.1, 0.15) is 12.1 Å². The molecule has 0 atom stereocenters. The molecule has 0 N–H and O–H groups in total. The third-order valence-corrected chi connectivity index (χ3v) is 5.44. The molecule has 0 amide bonds. The number of thiol groups is 1. The van der Waals surface area contributed by atoms with Crippen LogP contribution in [-0.2, 0) is 18.9 Å². The van der Waals surface area contributed by atoms with Crippen LogP contribution in [-0.4, -0.2) is 54.4 Å². The smallest absolute Gasteiger partial charge is 0.163 e. The van der Waals surface area contributed by atoms with E-state index in [0.717, 1.165) is 42.8 Å². The van der Waals surface area contributed by atoms with E-state index >= 15 is 0 Å². The Bertz CT molecular complexity index is 702. The van der Waals surface area contributed by atoms with Crippen molar-refractivity contribution in [1.82, 2.24) is 24.1 Å². The zero-order valence-corrected chi connectivity index (χ0v) is 13.0. The Hall–Kier alpha value is -1.54. The largest absolute Gasteiger partial charge is 0.355 e. The molecule has 0 aromatic carbocycles. The van der Waals surface area contributed by atoms with Gasteiger partial charge in [-0.15, -0.1) is 0 Å². The van der Waals surface area contributed by atoms with E-state index in [1.54, 1.807) is 11.0 Å². The highest BCUT2D eigenvalue weighted by Crippen LogP contribution is 2.51. The van der Waals surface area contributed by atoms with E-state index < -0.39 is 0 Å². The average Bonchev–Trinajstić information content (AvgIpc) is 2.78. The number of rotatable bonds is 3. The van der Waals surface area contributed by atoms with Crippen LogP contribution in [0.15, 0.2) is 12.5 Å². The Balaban J connectivity index is 1.50. The summed E-state index contributed by atoms with van der Waals surface area (Å²) in [7, 11) is 3.80. The van der Waals surface area contributed by atoms with Crippen molar-refractivity contribution in [3.63, 3.8) is 0 Å². The van der Waals surface area contributed by atoms with Gasteiger partial charge in [0.25, 0.3) is 0 Å². The molecular weight excluding hydrogens is 288 g/mol. The number of anilines is 1. The summed E-state index contributed by atoms with van der Waals surface area (Å²) in [6.07, 6.45) is 5.69. The number of aromatic nitrogens is 4. The molecule has 2 aromatic rings. The lowest BCUT2D eigenvalue weighted by atomic mass is 9.60. The number of hydrogen-bond donors (Lipinski definition) is 1. The van der Waals surface area contributed by atoms with E-state index in [0.29, 0.717) is 11.5 Å². The quantitative estimate of drug-likeness (QED) is 0.816. The van der Waals surface area contributed by atoms with Crippen molar-refractivity contribution < 1.29 is 4.21 Å². The first-order valence-corrected chi connectivity index (χ1v) is 7.82. The fraction of sp³-hybridized carbons (Fsp3) is 0.615. The van der Waals surface area contributed by atoms with E-state index in [-0.39, 0.29) is 11.9 Å². The summed E-state index contributed by atoms with van der Waals surface area (Å²) in [5.41, 5.74) is 1.26. The van der Waals surface area contributed by atoms with Crippen LogP contribution in [0.2, 0.25) is 0 Å². The van der Waals surface area contributed by atoms with Crippen LogP contribution >= 0.6 is 0 Å². The number of fused-ring (bicyclic) bond motifs is 1. The van der Waals surface area contributed by atoms with Gasteiger partial charge in [-0.3, -0.25) is 4.68 Å². The molecule has 2 aliphatic rings. The van der Waals surface area contributed by atoms with Crippen LogP contribution in [0, 0.1) is 5.41 Å². The molecule has 0 unspecified atom stereocenters. The molecule has 4 rings (SSSR count). The van der Waals surface area contributed by atoms with Crippen LogP contribution in [0.4, 0.5) is 5.82 Å². The normalized spacial score (nSPS) is 21.0. The van der Waals surface area contributed by atoms with E-state index in [1.807, 2.05) is 24.6 Å². The van der Waals surface area contributed by atoms with Crippen LogP contribution in [0.1, 0.15) is 12.8 Å². The molecule has 3 heterocycles. The number of aryl methyl sites for hydroxylation is 1. The second-order valence-electron chi connectivity index (χ2n) is 6.28. The first kappa shape index (κ1) is 13.1. The van der Waals surface area contributed by atoms with Gasteiger partial charge >= 0.3 is 0 Å². The molecule has 7 nitrogen and oxygen atoms in total. The second kappa shape index (κ2) is 4.48. The zero-order valence-electron chi connectivity index (χ0n) is 12.1. The van der Waals surface area contributed by atoms with Gasteiger partial charge in [0.2, 0.25) is 0 Å². The summed E-state index contributed by atoms with van der Waals surface area (Å²) in [6.45, 7) is 2.04. The third kappa shape index (κ3) is 1.89. The van der Waals surface area contributed by atoms with Crippen LogP contribution in [0.5, 0.6) is 0 Å². The lowest BCUT2D eigenvalue weighted by Crippen LogP contribution is -2.66. The van der Waals surface area contributed by atoms with Crippen molar-refractivity contribution in [2.24, 2.45) is 12.5 Å². The van der Waals surface area contributed by atoms with Gasteiger partial charge in [-0.05, 0) is 19.9 Å². The van der Waals surface area contributed by atoms with E-state index in [9.17, 15) is 4.21 Å². The average molecular weight is 306 g/mol. The molecule has 2 fully saturated rings. The molecule has 1 aliphatic heterocycles. The Morgan fingerprint density at radius 3 is 2.86 bits per heavy atom. The molecule has 0 bridgehead atoms. The molecule has 1 saturated heterocycles. The first-order valence-electron chi connectivity index (χ1n) is 7.06. The summed E-state index contributed by atoms with van der Waals surface area (Å²) < 4.78 is 14.5. The molecule has 8 heteroatoms. The van der Waals surface area contributed by atoms with Crippen LogP contribution < -0.4 is 4.90 Å². The number of hydrogen-bond acceptors (Lipinski definition) is 5. The summed E-state index contributed by atoms with van der Waals surface area (Å²) in [5, 5.41) is 5.27. The highest BCUT2D eigenvalue weighted by atomic mass is 32.2. The second-order valence-corrected chi connectivity index (χ2v) is 7.07. The molecule has 0 radical (unpaired) electrons. The minimum atomic E-state index is 0.125. The van der Waals surface area contributed by atoms with Gasteiger partial charge < -0.3 is 4.90 Å². The zero-order chi connectivity index (χ0) is 14.6. The maximum atomic E-state index is 10.9. The molecular formula is C13H18N6OS. The fourth-order valence-corrected chi connectivity index (χ4v) is 3.94. The van der Waals surface area contributed by atoms with Crippen molar-refractivity contribution in [2.45, 2.75) is 18.9 Å². The summed E-state index contributed by atoms with van der Waals surface area (Å²) in [4.78, 5) is 11.0. The molecule has 1 spiro atoms. The van der Waals surface area contributed by atoms with Crippen molar-refractivity contribution in [3.05, 3.63) is 12.5 Å². The van der Waals surface area contributed by atoms with Gasteiger partial charge in [-0.2, -0.15) is 5.10 Å². The lowest BCUT2D eigenvalue weighted by Gasteiger charge is -2.60. The maximum Gasteiger partial charge on any atom is 0.163 e. The predicted octanol–water partition coefficient (Wildman–Crippen LogP) is 0.124. The van der Waals surface area contributed by atoms with Gasteiger partial charge in [0.05, 0.1) is 23.4 Å². The van der Waals surface area contributed by atoms with E-state index in [2.05, 4.69) is 20.0 Å². The topological polar surface area (TPSA) is 67.2 Å². The number of nitrogens with zero attached hydrogens (tertiary/aromatic N) is 6. The van der Waals surface area contributed by atoms with E-state index in [1.165, 1.54) is 0 Å². The maximum absolute atomic E-state index is 10.9. The van der Waals surface area contributed by atoms with Gasteiger partial charge in [-0.25, -0.2) is 18.5 Å². The van der Waals surface area contributed by atoms with Gasteiger partial charge in [-0.1, -0.05) is 0 Å². The standard InChI is InChI=1S/C13H18N6OS/c1-17-11-10(5-16-17)12(15-8-14-11)19-6-13(7-19)3-9(4-13)18(2)21-20/h5,8-9,21H,3-4,6-7H2,1-2H3. The van der Waals surface area contributed by atoms with E-state index in [4.69, 9.17) is 0 Å². The van der Waals surface area contributed by atoms with Crippen LogP contribution in [0.25, 0.3) is 11.0 Å². The monoisotopic (exact) mass is 306 g/mol. The highest BCUT2D eigenvalue weighted by molar-refractivity contribution is 7.62. The molecule has 112 valence electrons. The lowest BCUT2D eigenvalue weighted by molar-refractivity contribution is 0.0232. The fourth-order valence-electron chi connectivity index (χ4n) is 3.64. The first-order chi connectivity index (χ1) is 10.1. The highest BCUT2D eigenvalue weighted by Gasteiger charge is 2.54. The minimum absolute atomic E-state index is 0.125. The predicted molar refractivity (Wildman–Crippen MR) is 81.3 cm³/mol. The molecule has 1 aliphatic carbocycles. The van der Waals surface area contributed by atoms with Crippen molar-refractivity contribution in [2.75, 3.05) is 25.0 Å². The van der Waals surface area contributed by atoms with Crippen LogP contribution in [0.3, 0.4) is 0 Å². The minimum Gasteiger partial charge on any atom is -0.355 e. The van der Waals surface area contributed by atoms with Crippen molar-refractivity contribution in [1.29, 1.82) is 0 Å². The van der Waals surface area contributed by atoms with Gasteiger partial charge in [0.15, 0.2) is 5.65 Å². The third-order valence-electron chi connectivity index (χ3n) is 4.85. The van der Waals surface area contributed by atoms with Crippen molar-refractivity contribution >= 4 is 28.7 Å². The Morgan fingerprint density at radius 2 is 2.14 bits per heavy atom. The summed E-state index contributed by atoms with van der Waals surface area (Å²) >= 11 is 0.125. The molecule has 1 saturated carbocycles. The van der Waals surface area contributed by atoms with Gasteiger partial charge in [0, 0.05) is 31.6 Å². The SMILES string of the molecule is CN([SH]=O)C1CC2(C1)CN(c1ncnc3c1cnn3C)C2. The summed E-state index contributed by atoms with van der Waals surface area (Å²) in [6, 6.07) is 0.454. The summed E-state index contributed by atoms with van der Waals surface area (Å²) in [5.74, 6) is 0.984. The van der Waals surface area contributed by atoms with Crippen molar-refractivity contribution in [3.8, 4) is 0 Å². The Morgan fingerprint density at radius 1 is 1.38 bits per heavy atom. The molecule has 21 heavy (non-hydrogen) atoms.